The van der Waals surface area contributed by atoms with Crippen molar-refractivity contribution < 1.29 is 9.53 Å². The number of carbonyl (C=O) groups excluding carboxylic acids is 1. The third kappa shape index (κ3) is 4.48. The number of aromatic amines is 1. The van der Waals surface area contributed by atoms with Crippen LogP contribution in [0.2, 0.25) is 0 Å². The highest BCUT2D eigenvalue weighted by Crippen LogP contribution is 2.13. The van der Waals surface area contributed by atoms with E-state index in [4.69, 9.17) is 4.74 Å². The maximum absolute atomic E-state index is 11.4. The molecule has 0 aromatic carbocycles. The van der Waals surface area contributed by atoms with E-state index < -0.39 is 11.7 Å². The van der Waals surface area contributed by atoms with E-state index in [1.165, 1.54) is 0 Å². The number of H-pyrrole nitrogens is 1. The summed E-state index contributed by atoms with van der Waals surface area (Å²) >= 11 is 0. The third-order valence-electron chi connectivity index (χ3n) is 2.75. The van der Waals surface area contributed by atoms with Crippen molar-refractivity contribution in [3.8, 4) is 11.8 Å². The summed E-state index contributed by atoms with van der Waals surface area (Å²) in [6.07, 6.45) is 1.81. The lowest BCUT2D eigenvalue weighted by Crippen LogP contribution is -2.32. The normalized spacial score (nSPS) is 10.9. The van der Waals surface area contributed by atoms with Crippen LogP contribution in [0.1, 0.15) is 38.4 Å². The number of hydrogen-bond acceptors (Lipinski definition) is 4. The van der Waals surface area contributed by atoms with Crippen LogP contribution in [0.15, 0.2) is 12.3 Å². The average molecular weight is 300 g/mol. The molecule has 0 spiro atoms. The fourth-order valence-corrected chi connectivity index (χ4v) is 1.79. The number of ether oxygens (including phenoxy) is 1. The minimum absolute atomic E-state index is 0.425. The maximum Gasteiger partial charge on any atom is 0.407 e. The molecule has 2 aromatic heterocycles. The highest BCUT2D eigenvalue weighted by Gasteiger charge is 2.15. The molecule has 0 aliphatic heterocycles. The highest BCUT2D eigenvalue weighted by molar-refractivity contribution is 5.78. The Hall–Kier alpha value is -2.55. The van der Waals surface area contributed by atoms with Crippen LogP contribution in [0, 0.1) is 18.8 Å². The van der Waals surface area contributed by atoms with Crippen molar-refractivity contribution in [2.75, 3.05) is 6.54 Å². The lowest BCUT2D eigenvalue weighted by Gasteiger charge is -2.19. The van der Waals surface area contributed by atoms with Gasteiger partial charge in [-0.3, -0.25) is 5.10 Å². The second kappa shape index (κ2) is 6.48. The molecule has 0 aliphatic carbocycles. The zero-order chi connectivity index (χ0) is 16.2. The van der Waals surface area contributed by atoms with E-state index in [9.17, 15) is 4.79 Å². The first-order valence-electron chi connectivity index (χ1n) is 7.11. The number of nitrogens with zero attached hydrogens (tertiary/aromatic N) is 2. The lowest BCUT2D eigenvalue weighted by atomic mass is 10.2. The van der Waals surface area contributed by atoms with E-state index in [0.717, 1.165) is 16.6 Å². The molecule has 0 aliphatic rings. The summed E-state index contributed by atoms with van der Waals surface area (Å²) in [7, 11) is 0. The van der Waals surface area contributed by atoms with Crippen molar-refractivity contribution in [3.05, 3.63) is 23.5 Å². The molecule has 2 aromatic rings. The summed E-state index contributed by atoms with van der Waals surface area (Å²) in [4.78, 5) is 15.7. The zero-order valence-electron chi connectivity index (χ0n) is 13.3. The number of carbonyl (C=O) groups is 1. The number of rotatable bonds is 2. The van der Waals surface area contributed by atoms with E-state index in [1.54, 1.807) is 6.20 Å². The summed E-state index contributed by atoms with van der Waals surface area (Å²) in [5.41, 5.74) is 2.00. The van der Waals surface area contributed by atoms with Crippen LogP contribution in [0.25, 0.3) is 11.0 Å². The SMILES string of the molecule is Cc1[nH]nc2ncc(C#CCCNC(=O)OC(C)(C)C)cc12. The molecule has 116 valence electrons. The first kappa shape index (κ1) is 15.8. The Labute approximate surface area is 129 Å². The van der Waals surface area contributed by atoms with Gasteiger partial charge >= 0.3 is 6.09 Å². The minimum Gasteiger partial charge on any atom is -0.444 e. The summed E-state index contributed by atoms with van der Waals surface area (Å²) in [5, 5.41) is 10.6. The largest absolute Gasteiger partial charge is 0.444 e. The number of fused-ring (bicyclic) bond motifs is 1. The van der Waals surface area contributed by atoms with E-state index in [0.29, 0.717) is 18.6 Å². The summed E-state index contributed by atoms with van der Waals surface area (Å²) < 4.78 is 5.14. The van der Waals surface area contributed by atoms with E-state index in [-0.39, 0.29) is 0 Å². The molecular formula is C16H20N4O2. The van der Waals surface area contributed by atoms with Crippen LogP contribution in [0.4, 0.5) is 4.79 Å². The average Bonchev–Trinajstić information content (AvgIpc) is 2.78. The molecule has 6 heteroatoms. The molecule has 0 fully saturated rings. The van der Waals surface area contributed by atoms with Crippen molar-refractivity contribution in [2.45, 2.75) is 39.7 Å². The number of aromatic nitrogens is 3. The first-order chi connectivity index (χ1) is 10.3. The van der Waals surface area contributed by atoms with Gasteiger partial charge in [-0.1, -0.05) is 11.8 Å². The van der Waals surface area contributed by atoms with Crippen molar-refractivity contribution in [1.82, 2.24) is 20.5 Å². The topological polar surface area (TPSA) is 79.9 Å². The Morgan fingerprint density at radius 1 is 1.45 bits per heavy atom. The van der Waals surface area contributed by atoms with Crippen molar-refractivity contribution in [1.29, 1.82) is 0 Å². The molecule has 2 N–H and O–H groups in total. The molecule has 22 heavy (non-hydrogen) atoms. The molecule has 0 radical (unpaired) electrons. The van der Waals surface area contributed by atoms with Gasteiger partial charge in [-0.15, -0.1) is 0 Å². The molecule has 0 unspecified atom stereocenters. The van der Waals surface area contributed by atoms with Crippen LogP contribution < -0.4 is 5.32 Å². The van der Waals surface area contributed by atoms with Crippen LogP contribution in [-0.4, -0.2) is 33.4 Å². The highest BCUT2D eigenvalue weighted by atomic mass is 16.6. The Bertz CT molecular complexity index is 732. The fraction of sp³-hybridized carbons (Fsp3) is 0.438. The standard InChI is InChI=1S/C16H20N4O2/c1-11-13-9-12(10-18-14(13)20-19-11)7-5-6-8-17-15(21)22-16(2,3)4/h9-10H,6,8H2,1-4H3,(H,17,21)(H,18,19,20). The summed E-state index contributed by atoms with van der Waals surface area (Å²) in [5.74, 6) is 6.03. The second-order valence-electron chi connectivity index (χ2n) is 5.92. The van der Waals surface area contributed by atoms with Gasteiger partial charge in [-0.25, -0.2) is 9.78 Å². The number of hydrogen-bond donors (Lipinski definition) is 2. The summed E-state index contributed by atoms with van der Waals surface area (Å²) in [6.45, 7) is 7.87. The number of amides is 1. The third-order valence-corrected chi connectivity index (χ3v) is 2.75. The predicted octanol–water partition coefficient (Wildman–Crippen LogP) is 2.53. The van der Waals surface area contributed by atoms with E-state index in [2.05, 4.69) is 32.3 Å². The molecular weight excluding hydrogens is 280 g/mol. The monoisotopic (exact) mass is 300 g/mol. The lowest BCUT2D eigenvalue weighted by molar-refractivity contribution is 0.0529. The molecule has 2 rings (SSSR count). The fourth-order valence-electron chi connectivity index (χ4n) is 1.79. The smallest absolute Gasteiger partial charge is 0.407 e. The zero-order valence-corrected chi connectivity index (χ0v) is 13.3. The number of alkyl carbamates (subject to hydrolysis) is 1. The molecule has 1 amide bonds. The van der Waals surface area contributed by atoms with Crippen molar-refractivity contribution in [3.63, 3.8) is 0 Å². The van der Waals surface area contributed by atoms with Gasteiger partial charge in [0.05, 0.1) is 0 Å². The number of pyridine rings is 1. The van der Waals surface area contributed by atoms with E-state index >= 15 is 0 Å². The van der Waals surface area contributed by atoms with Crippen molar-refractivity contribution >= 4 is 17.1 Å². The van der Waals surface area contributed by atoms with Crippen molar-refractivity contribution in [2.24, 2.45) is 0 Å². The molecule has 2 heterocycles. The number of nitrogens with one attached hydrogen (secondary N) is 2. The predicted molar refractivity (Wildman–Crippen MR) is 84.4 cm³/mol. The van der Waals surface area contributed by atoms with E-state index in [1.807, 2.05) is 33.8 Å². The van der Waals surface area contributed by atoms with Crippen LogP contribution in [0.3, 0.4) is 0 Å². The Morgan fingerprint density at radius 3 is 2.95 bits per heavy atom. The van der Waals surface area contributed by atoms with Crippen LogP contribution in [-0.2, 0) is 4.74 Å². The molecule has 0 bridgehead atoms. The van der Waals surface area contributed by atoms with Gasteiger partial charge < -0.3 is 10.1 Å². The van der Waals surface area contributed by atoms with Gasteiger partial charge in [0.1, 0.15) is 5.60 Å². The Morgan fingerprint density at radius 2 is 2.23 bits per heavy atom. The quantitative estimate of drug-likeness (QED) is 0.660. The van der Waals surface area contributed by atoms with Gasteiger partial charge in [0.15, 0.2) is 5.65 Å². The maximum atomic E-state index is 11.4. The Balaban J connectivity index is 1.85. The number of aryl methyl sites for hydroxylation is 1. The van der Waals surface area contributed by atoms with Crippen LogP contribution in [0.5, 0.6) is 0 Å². The van der Waals surface area contributed by atoms with Gasteiger partial charge in [-0.2, -0.15) is 5.10 Å². The molecule has 0 saturated carbocycles. The van der Waals surface area contributed by atoms with Crippen LogP contribution >= 0.6 is 0 Å². The Kier molecular flexibility index (Phi) is 4.66. The van der Waals surface area contributed by atoms with Gasteiger partial charge in [0.2, 0.25) is 0 Å². The van der Waals surface area contributed by atoms with Gasteiger partial charge in [-0.05, 0) is 33.8 Å². The molecule has 6 nitrogen and oxygen atoms in total. The first-order valence-corrected chi connectivity index (χ1v) is 7.11. The molecule has 0 atom stereocenters. The second-order valence-corrected chi connectivity index (χ2v) is 5.92. The molecule has 0 saturated heterocycles. The van der Waals surface area contributed by atoms with Gasteiger partial charge in [0.25, 0.3) is 0 Å². The minimum atomic E-state index is -0.487. The van der Waals surface area contributed by atoms with Gasteiger partial charge in [0, 0.05) is 35.8 Å². The summed E-state index contributed by atoms with van der Waals surface area (Å²) in [6, 6.07) is 1.95.